The lowest BCUT2D eigenvalue weighted by atomic mass is 10.2. The van der Waals surface area contributed by atoms with Crippen molar-refractivity contribution in [3.8, 4) is 11.5 Å². The Kier molecular flexibility index (Phi) is 2.29. The van der Waals surface area contributed by atoms with Crippen LogP contribution in [0.5, 0.6) is 11.5 Å². The van der Waals surface area contributed by atoms with Gasteiger partial charge in [0.1, 0.15) is 12.1 Å². The van der Waals surface area contributed by atoms with Crippen molar-refractivity contribution in [3.05, 3.63) is 18.2 Å². The molecule has 1 N–H and O–H groups in total. The topological polar surface area (TPSA) is 77.1 Å². The van der Waals surface area contributed by atoms with E-state index < -0.39 is 6.04 Å². The Hall–Kier alpha value is -2.44. The molecule has 7 heteroatoms. The Morgan fingerprint density at radius 2 is 2.15 bits per heavy atom. The molecule has 4 rings (SSSR count). The number of esters is 1. The van der Waals surface area contributed by atoms with Gasteiger partial charge < -0.3 is 24.4 Å². The zero-order chi connectivity index (χ0) is 13.7. The van der Waals surface area contributed by atoms with Crippen LogP contribution in [-0.2, 0) is 9.53 Å². The first kappa shape index (κ1) is 11.4. The highest BCUT2D eigenvalue weighted by molar-refractivity contribution is 5.94. The monoisotopic (exact) mass is 276 g/mol. The number of nitrogens with zero attached hydrogens (tertiary/aromatic N) is 1. The number of anilines is 1. The van der Waals surface area contributed by atoms with Gasteiger partial charge in [-0.3, -0.25) is 0 Å². The zero-order valence-corrected chi connectivity index (χ0v) is 10.5. The minimum atomic E-state index is -0.450. The summed E-state index contributed by atoms with van der Waals surface area (Å²) in [5, 5.41) is 2.76. The molecule has 0 spiro atoms. The van der Waals surface area contributed by atoms with Crippen LogP contribution >= 0.6 is 0 Å². The van der Waals surface area contributed by atoms with Gasteiger partial charge >= 0.3 is 12.0 Å². The van der Waals surface area contributed by atoms with Crippen LogP contribution in [0.2, 0.25) is 0 Å². The zero-order valence-electron chi connectivity index (χ0n) is 10.5. The summed E-state index contributed by atoms with van der Waals surface area (Å²) in [6.07, 6.45) is 0.433. The van der Waals surface area contributed by atoms with Crippen molar-refractivity contribution in [1.82, 2.24) is 4.90 Å². The first-order chi connectivity index (χ1) is 9.70. The van der Waals surface area contributed by atoms with E-state index in [9.17, 15) is 9.59 Å². The number of carbonyl (C=O) groups is 2. The average molecular weight is 276 g/mol. The van der Waals surface area contributed by atoms with Crippen molar-refractivity contribution in [3.63, 3.8) is 0 Å². The molecule has 3 aliphatic rings. The van der Waals surface area contributed by atoms with Gasteiger partial charge in [-0.25, -0.2) is 9.59 Å². The highest BCUT2D eigenvalue weighted by Gasteiger charge is 2.48. The van der Waals surface area contributed by atoms with Gasteiger partial charge in [0.25, 0.3) is 0 Å². The molecule has 2 saturated heterocycles. The van der Waals surface area contributed by atoms with Crippen LogP contribution in [0.1, 0.15) is 6.42 Å². The lowest BCUT2D eigenvalue weighted by Crippen LogP contribution is -2.46. The Balaban J connectivity index is 1.49. The molecule has 3 heterocycles. The first-order valence-corrected chi connectivity index (χ1v) is 6.38. The summed E-state index contributed by atoms with van der Waals surface area (Å²) in [6, 6.07) is 4.43. The van der Waals surface area contributed by atoms with Crippen LogP contribution in [0.25, 0.3) is 0 Å². The summed E-state index contributed by atoms with van der Waals surface area (Å²) in [4.78, 5) is 25.2. The van der Waals surface area contributed by atoms with Crippen molar-refractivity contribution < 1.29 is 23.8 Å². The molecule has 0 radical (unpaired) electrons. The van der Waals surface area contributed by atoms with Crippen molar-refractivity contribution >= 4 is 17.7 Å². The van der Waals surface area contributed by atoms with Gasteiger partial charge in [0.2, 0.25) is 6.79 Å². The number of benzene rings is 1. The minimum Gasteiger partial charge on any atom is -0.459 e. The molecule has 0 saturated carbocycles. The molecular formula is C13H12N2O5. The normalized spacial score (nSPS) is 25.8. The van der Waals surface area contributed by atoms with Crippen LogP contribution in [-0.4, -0.2) is 42.4 Å². The second-order valence-corrected chi connectivity index (χ2v) is 4.96. The number of ether oxygens (including phenoxy) is 3. The van der Waals surface area contributed by atoms with E-state index in [2.05, 4.69) is 5.32 Å². The van der Waals surface area contributed by atoms with E-state index in [1.54, 1.807) is 18.2 Å². The molecule has 7 nitrogen and oxygen atoms in total. The molecule has 0 unspecified atom stereocenters. The van der Waals surface area contributed by atoms with Crippen molar-refractivity contribution in [2.75, 3.05) is 18.7 Å². The lowest BCUT2D eigenvalue weighted by molar-refractivity contribution is -0.149. The third-order valence-electron chi connectivity index (χ3n) is 3.70. The molecular weight excluding hydrogens is 264 g/mol. The number of morpholine rings is 1. The number of nitrogens with one attached hydrogen (secondary N) is 1. The molecule has 2 amide bonds. The highest BCUT2D eigenvalue weighted by atomic mass is 16.7. The number of amides is 2. The van der Waals surface area contributed by atoms with Gasteiger partial charge in [0.15, 0.2) is 11.5 Å². The number of rotatable bonds is 1. The number of likely N-dealkylation sites (tertiary alicyclic amines) is 1. The van der Waals surface area contributed by atoms with Gasteiger partial charge in [-0.15, -0.1) is 0 Å². The van der Waals surface area contributed by atoms with Gasteiger partial charge in [-0.2, -0.15) is 0 Å². The summed E-state index contributed by atoms with van der Waals surface area (Å²) in [5.74, 6) is 0.944. The summed E-state index contributed by atoms with van der Waals surface area (Å²) >= 11 is 0. The summed E-state index contributed by atoms with van der Waals surface area (Å²) in [5.41, 5.74) is 0.607. The van der Waals surface area contributed by atoms with Crippen molar-refractivity contribution in [1.29, 1.82) is 0 Å². The van der Waals surface area contributed by atoms with E-state index in [1.807, 2.05) is 0 Å². The number of fused-ring (bicyclic) bond motifs is 3. The molecule has 2 bridgehead atoms. The number of urea groups is 1. The van der Waals surface area contributed by atoms with Gasteiger partial charge in [0, 0.05) is 18.2 Å². The van der Waals surface area contributed by atoms with Gasteiger partial charge in [-0.1, -0.05) is 0 Å². The van der Waals surface area contributed by atoms with E-state index in [0.29, 0.717) is 30.2 Å². The molecule has 0 aliphatic carbocycles. The van der Waals surface area contributed by atoms with Gasteiger partial charge in [0.05, 0.1) is 6.54 Å². The number of carbonyl (C=O) groups excluding carboxylic acids is 2. The smallest absolute Gasteiger partial charge is 0.329 e. The Bertz CT molecular complexity index is 602. The van der Waals surface area contributed by atoms with E-state index in [0.717, 1.165) is 0 Å². The van der Waals surface area contributed by atoms with Crippen LogP contribution in [0, 0.1) is 0 Å². The van der Waals surface area contributed by atoms with Crippen LogP contribution in [0.15, 0.2) is 18.2 Å². The molecule has 0 aromatic heterocycles. The average Bonchev–Trinajstić information content (AvgIpc) is 3.11. The molecule has 104 valence electrons. The lowest BCUT2D eigenvalue weighted by Gasteiger charge is -2.25. The Morgan fingerprint density at radius 3 is 2.95 bits per heavy atom. The Morgan fingerprint density at radius 1 is 1.30 bits per heavy atom. The standard InChI is InChI=1S/C13H12N2O5/c16-12-9-4-8(20-12)5-15(9)13(17)14-7-1-2-10-11(3-7)19-6-18-10/h1-3,8-9H,4-6H2,(H,14,17)/t8-,9+/m1/s1. The molecule has 3 aliphatic heterocycles. The predicted octanol–water partition coefficient (Wildman–Crippen LogP) is 0.947. The molecule has 2 atom stereocenters. The van der Waals surface area contributed by atoms with E-state index >= 15 is 0 Å². The predicted molar refractivity (Wildman–Crippen MR) is 66.6 cm³/mol. The molecule has 1 aromatic carbocycles. The van der Waals surface area contributed by atoms with Crippen LogP contribution in [0.4, 0.5) is 10.5 Å². The van der Waals surface area contributed by atoms with Crippen LogP contribution in [0.3, 0.4) is 0 Å². The summed E-state index contributed by atoms with van der Waals surface area (Å²) in [7, 11) is 0. The maximum absolute atomic E-state index is 12.2. The van der Waals surface area contributed by atoms with Crippen LogP contribution < -0.4 is 14.8 Å². The minimum absolute atomic E-state index is 0.157. The fourth-order valence-electron chi connectivity index (χ4n) is 2.74. The molecule has 20 heavy (non-hydrogen) atoms. The van der Waals surface area contributed by atoms with Crippen molar-refractivity contribution in [2.45, 2.75) is 18.6 Å². The molecule has 2 fully saturated rings. The Labute approximate surface area is 114 Å². The largest absolute Gasteiger partial charge is 0.459 e. The molecule has 1 aromatic rings. The first-order valence-electron chi connectivity index (χ1n) is 6.38. The maximum Gasteiger partial charge on any atom is 0.329 e. The van der Waals surface area contributed by atoms with Crippen molar-refractivity contribution in [2.24, 2.45) is 0 Å². The SMILES string of the molecule is O=C1O[C@@H]2C[C@@H]1N(C(=O)Nc1ccc3c(c1)OCO3)C2. The van der Waals surface area contributed by atoms with E-state index in [-0.39, 0.29) is 24.9 Å². The fraction of sp³-hybridized carbons (Fsp3) is 0.385. The number of hydrogen-bond donors (Lipinski definition) is 1. The highest BCUT2D eigenvalue weighted by Crippen LogP contribution is 2.35. The number of hydrogen-bond acceptors (Lipinski definition) is 5. The van der Waals surface area contributed by atoms with Gasteiger partial charge in [-0.05, 0) is 12.1 Å². The van der Waals surface area contributed by atoms with E-state index in [1.165, 1.54) is 4.90 Å². The quantitative estimate of drug-likeness (QED) is 0.773. The second kappa shape index (κ2) is 4.03. The maximum atomic E-state index is 12.2. The van der Waals surface area contributed by atoms with E-state index in [4.69, 9.17) is 14.2 Å². The summed E-state index contributed by atoms with van der Waals surface area (Å²) < 4.78 is 15.5. The third kappa shape index (κ3) is 1.66. The third-order valence-corrected chi connectivity index (χ3v) is 3.70. The fourth-order valence-corrected chi connectivity index (χ4v) is 2.74. The second-order valence-electron chi connectivity index (χ2n) is 4.96. The summed E-state index contributed by atoms with van der Waals surface area (Å²) in [6.45, 7) is 0.640.